The minimum absolute atomic E-state index is 0.00747. The van der Waals surface area contributed by atoms with Crippen LogP contribution in [0.2, 0.25) is 0 Å². The molecular weight excluding hydrogens is 370 g/mol. The molecule has 10 heteroatoms. The maximum atomic E-state index is 13.1. The van der Waals surface area contributed by atoms with Crippen LogP contribution in [0.1, 0.15) is 19.3 Å². The van der Waals surface area contributed by atoms with Gasteiger partial charge in [0.2, 0.25) is 5.91 Å². The zero-order valence-corrected chi connectivity index (χ0v) is 16.4. The lowest BCUT2D eigenvalue weighted by molar-refractivity contribution is -0.130. The van der Waals surface area contributed by atoms with Crippen molar-refractivity contribution in [1.29, 1.82) is 0 Å². The first-order valence-electron chi connectivity index (χ1n) is 10.1. The Morgan fingerprint density at radius 3 is 2.74 bits per heavy atom. The number of ether oxygens (including phenoxy) is 1. The molecule has 0 aliphatic carbocycles. The second-order valence-corrected chi connectivity index (χ2v) is 8.63. The Balaban J connectivity index is 1.36. The van der Waals surface area contributed by atoms with Crippen molar-refractivity contribution in [1.82, 2.24) is 31.7 Å². The van der Waals surface area contributed by atoms with Gasteiger partial charge >= 0.3 is 0 Å². The summed E-state index contributed by atoms with van der Waals surface area (Å²) >= 11 is 6.21. The minimum Gasteiger partial charge on any atom is -0.373 e. The molecule has 0 aromatic carbocycles. The number of halogens is 1. The number of nitrogens with zero attached hydrogens (tertiary/aromatic N) is 1. The van der Waals surface area contributed by atoms with Crippen LogP contribution in [0.3, 0.4) is 0 Å². The van der Waals surface area contributed by atoms with Crippen molar-refractivity contribution in [2.75, 3.05) is 39.3 Å². The fourth-order valence-electron chi connectivity index (χ4n) is 4.58. The highest BCUT2D eigenvalue weighted by atomic mass is 35.5. The summed E-state index contributed by atoms with van der Waals surface area (Å²) < 4.78 is 6.37. The van der Waals surface area contributed by atoms with Crippen LogP contribution < -0.4 is 32.4 Å². The van der Waals surface area contributed by atoms with Gasteiger partial charge in [-0.15, -0.1) is 11.6 Å². The van der Waals surface area contributed by atoms with Crippen LogP contribution in [-0.2, 0) is 9.53 Å². The van der Waals surface area contributed by atoms with Crippen LogP contribution in [0.5, 0.6) is 0 Å². The highest BCUT2D eigenvalue weighted by Gasteiger charge is 2.47. The molecule has 4 heterocycles. The van der Waals surface area contributed by atoms with Crippen molar-refractivity contribution in [3.63, 3.8) is 0 Å². The second-order valence-electron chi connectivity index (χ2n) is 8.02. The van der Waals surface area contributed by atoms with Gasteiger partial charge in [0.1, 0.15) is 0 Å². The van der Waals surface area contributed by atoms with Gasteiger partial charge < -0.3 is 26.4 Å². The van der Waals surface area contributed by atoms with E-state index in [1.54, 1.807) is 0 Å². The third-order valence-corrected chi connectivity index (χ3v) is 6.32. The van der Waals surface area contributed by atoms with Gasteiger partial charge in [-0.2, -0.15) is 0 Å². The molecule has 0 aromatic rings. The Bertz CT molecular complexity index is 522. The van der Waals surface area contributed by atoms with Gasteiger partial charge in [-0.05, 0) is 38.9 Å². The summed E-state index contributed by atoms with van der Waals surface area (Å²) in [5, 5.41) is 15.3. The van der Waals surface area contributed by atoms with Crippen LogP contribution in [0, 0.1) is 5.92 Å². The summed E-state index contributed by atoms with van der Waals surface area (Å²) in [7, 11) is 0. The Morgan fingerprint density at radius 2 is 1.93 bits per heavy atom. The number of nitrogens with two attached hydrogens (primary N) is 1. The molecule has 4 fully saturated rings. The Hall–Kier alpha value is -0.520. The smallest absolute Gasteiger partial charge is 0.229 e. The predicted molar refractivity (Wildman–Crippen MR) is 103 cm³/mol. The maximum absolute atomic E-state index is 13.1. The molecule has 4 rings (SSSR count). The van der Waals surface area contributed by atoms with Crippen LogP contribution >= 0.6 is 11.6 Å². The highest BCUT2D eigenvalue weighted by molar-refractivity contribution is 6.21. The molecule has 9 nitrogen and oxygen atoms in total. The second kappa shape index (κ2) is 8.87. The number of rotatable bonds is 4. The molecule has 154 valence electrons. The van der Waals surface area contributed by atoms with E-state index in [2.05, 4.69) is 26.7 Å². The topological polar surface area (TPSA) is 116 Å². The highest BCUT2D eigenvalue weighted by Crippen LogP contribution is 2.23. The quantitative estimate of drug-likeness (QED) is 0.296. The summed E-state index contributed by atoms with van der Waals surface area (Å²) in [6, 6.07) is -0.0354. The summed E-state index contributed by atoms with van der Waals surface area (Å²) in [6.45, 7) is 4.99. The van der Waals surface area contributed by atoms with Crippen molar-refractivity contribution < 1.29 is 9.53 Å². The average molecular weight is 402 g/mol. The van der Waals surface area contributed by atoms with Gasteiger partial charge in [-0.1, -0.05) is 0 Å². The van der Waals surface area contributed by atoms with E-state index >= 15 is 0 Å². The van der Waals surface area contributed by atoms with Gasteiger partial charge in [-0.3, -0.25) is 10.1 Å². The van der Waals surface area contributed by atoms with Crippen molar-refractivity contribution in [3.8, 4) is 0 Å². The molecule has 0 spiro atoms. The van der Waals surface area contributed by atoms with Gasteiger partial charge in [0.15, 0.2) is 0 Å². The van der Waals surface area contributed by atoms with E-state index in [1.807, 2.05) is 5.01 Å². The third kappa shape index (κ3) is 4.56. The van der Waals surface area contributed by atoms with E-state index < -0.39 is 6.17 Å². The van der Waals surface area contributed by atoms with Crippen molar-refractivity contribution >= 4 is 17.5 Å². The summed E-state index contributed by atoms with van der Waals surface area (Å²) in [4.78, 5) is 13.1. The zero-order valence-electron chi connectivity index (χ0n) is 15.6. The van der Waals surface area contributed by atoms with E-state index in [1.165, 1.54) is 0 Å². The largest absolute Gasteiger partial charge is 0.373 e. The molecule has 6 unspecified atom stereocenters. The lowest BCUT2D eigenvalue weighted by Crippen LogP contribution is -2.61. The van der Waals surface area contributed by atoms with Gasteiger partial charge in [0, 0.05) is 19.6 Å². The fourth-order valence-corrected chi connectivity index (χ4v) is 4.82. The first-order valence-corrected chi connectivity index (χ1v) is 10.6. The minimum atomic E-state index is -0.426. The lowest BCUT2D eigenvalue weighted by Gasteiger charge is -2.38. The first kappa shape index (κ1) is 19.8. The number of carbonyl (C=O) groups excluding carboxylic acids is 1. The van der Waals surface area contributed by atoms with E-state index in [4.69, 9.17) is 22.1 Å². The monoisotopic (exact) mass is 401 g/mol. The summed E-state index contributed by atoms with van der Waals surface area (Å²) in [5.41, 5.74) is 9.40. The molecule has 0 radical (unpaired) electrons. The van der Waals surface area contributed by atoms with Crippen LogP contribution in [0.25, 0.3) is 0 Å². The van der Waals surface area contributed by atoms with E-state index in [-0.39, 0.29) is 41.6 Å². The number of hydrogen-bond donors (Lipinski definition) is 6. The van der Waals surface area contributed by atoms with Gasteiger partial charge in [0.05, 0.1) is 41.9 Å². The number of fused-ring (bicyclic) bond motifs is 1. The van der Waals surface area contributed by atoms with E-state index in [9.17, 15) is 4.79 Å². The van der Waals surface area contributed by atoms with Crippen LogP contribution in [-0.4, -0.2) is 86.1 Å². The molecular formula is C17H32ClN7O2. The normalized spacial score (nSPS) is 41.3. The number of carbonyl (C=O) groups is 1. The van der Waals surface area contributed by atoms with Crippen LogP contribution in [0.4, 0.5) is 0 Å². The van der Waals surface area contributed by atoms with Crippen molar-refractivity contribution in [3.05, 3.63) is 0 Å². The zero-order chi connectivity index (χ0) is 18.8. The SMILES string of the molecule is NC1NN2CC(Cl)CNC2C1C(=O)NC1CNCCC1OC1CCNCC1. The van der Waals surface area contributed by atoms with Crippen molar-refractivity contribution in [2.24, 2.45) is 11.7 Å². The van der Waals surface area contributed by atoms with E-state index in [0.717, 1.165) is 45.4 Å². The molecule has 7 N–H and O–H groups in total. The summed E-state index contributed by atoms with van der Waals surface area (Å²) in [6.07, 6.45) is 2.74. The third-order valence-electron chi connectivity index (χ3n) is 6.02. The first-order chi connectivity index (χ1) is 13.1. The average Bonchev–Trinajstić information content (AvgIpc) is 2.99. The van der Waals surface area contributed by atoms with Gasteiger partial charge in [-0.25, -0.2) is 10.4 Å². The van der Waals surface area contributed by atoms with E-state index in [0.29, 0.717) is 13.1 Å². The summed E-state index contributed by atoms with van der Waals surface area (Å²) in [5.74, 6) is -0.397. The Kier molecular flexibility index (Phi) is 6.50. The van der Waals surface area contributed by atoms with Crippen molar-refractivity contribution in [2.45, 2.75) is 55.2 Å². The van der Waals surface area contributed by atoms with Crippen LogP contribution in [0.15, 0.2) is 0 Å². The molecule has 0 aromatic heterocycles. The molecule has 4 aliphatic rings. The Labute approximate surface area is 165 Å². The molecule has 4 saturated heterocycles. The molecule has 0 bridgehead atoms. The number of alkyl halides is 1. The van der Waals surface area contributed by atoms with Gasteiger partial charge in [0.25, 0.3) is 0 Å². The molecule has 6 atom stereocenters. The number of hydrazine groups is 1. The number of hydrogen-bond acceptors (Lipinski definition) is 8. The standard InChI is InChI=1S/C17H32ClN7O2/c18-10-7-22-16-14(15(19)24-25(16)9-10)17(26)23-12-8-21-6-3-13(12)27-11-1-4-20-5-2-11/h10-16,20-22,24H,1-9,19H2,(H,23,26). The number of amides is 1. The molecule has 27 heavy (non-hydrogen) atoms. The molecule has 1 amide bonds. The predicted octanol–water partition coefficient (Wildman–Crippen LogP) is -2.14. The Morgan fingerprint density at radius 1 is 1.15 bits per heavy atom. The maximum Gasteiger partial charge on any atom is 0.229 e. The lowest BCUT2D eigenvalue weighted by atomic mass is 9.98. The molecule has 0 saturated carbocycles. The fraction of sp³-hybridized carbons (Fsp3) is 0.941. The molecule has 4 aliphatic heterocycles. The number of piperidine rings is 2. The number of nitrogens with one attached hydrogen (secondary N) is 5.